The third-order valence-electron chi connectivity index (χ3n) is 3.60. The Morgan fingerprint density at radius 3 is 2.55 bits per heavy atom. The molecule has 2 amide bonds. The summed E-state index contributed by atoms with van der Waals surface area (Å²) in [4.78, 5) is 24.8. The van der Waals surface area contributed by atoms with E-state index >= 15 is 0 Å². The second kappa shape index (κ2) is 6.19. The molecule has 0 aliphatic carbocycles. The highest BCUT2D eigenvalue weighted by atomic mass is 16.3. The van der Waals surface area contributed by atoms with E-state index in [0.29, 0.717) is 5.69 Å². The Bertz CT molecular complexity index is 650. The molecular formula is C16H20N2O4. The molecule has 1 aliphatic rings. The number of hydrogen-bond donors (Lipinski definition) is 3. The van der Waals surface area contributed by atoms with Crippen LogP contribution in [0.15, 0.2) is 23.9 Å². The Labute approximate surface area is 129 Å². The van der Waals surface area contributed by atoms with E-state index in [1.165, 1.54) is 6.08 Å². The molecule has 1 aromatic rings. The first-order valence-electron chi connectivity index (χ1n) is 7.14. The first-order chi connectivity index (χ1) is 10.3. The van der Waals surface area contributed by atoms with Crippen molar-refractivity contribution >= 4 is 17.5 Å². The monoisotopic (exact) mass is 304 g/mol. The summed E-state index contributed by atoms with van der Waals surface area (Å²) in [7, 11) is 0. The lowest BCUT2D eigenvalue weighted by atomic mass is 9.99. The zero-order valence-electron chi connectivity index (χ0n) is 12.9. The van der Waals surface area contributed by atoms with Gasteiger partial charge in [-0.05, 0) is 36.1 Å². The van der Waals surface area contributed by atoms with Crippen LogP contribution < -0.4 is 5.32 Å². The van der Waals surface area contributed by atoms with E-state index in [4.69, 9.17) is 5.11 Å². The van der Waals surface area contributed by atoms with Gasteiger partial charge in [0.2, 0.25) is 0 Å². The topological polar surface area (TPSA) is 89.9 Å². The SMILES string of the molecule is Cc1cc(O)c(C(C)C)cc1NC1=CC(=O)N(CCO)C1=O. The second-order valence-electron chi connectivity index (χ2n) is 5.58. The van der Waals surface area contributed by atoms with Crippen LogP contribution in [-0.4, -0.2) is 40.1 Å². The molecule has 0 saturated heterocycles. The van der Waals surface area contributed by atoms with Crippen LogP contribution in [0.5, 0.6) is 5.75 Å². The molecule has 0 radical (unpaired) electrons. The number of rotatable bonds is 5. The number of amides is 2. The quantitative estimate of drug-likeness (QED) is 0.566. The molecular weight excluding hydrogens is 284 g/mol. The van der Waals surface area contributed by atoms with Crippen LogP contribution in [-0.2, 0) is 9.59 Å². The fourth-order valence-electron chi connectivity index (χ4n) is 2.36. The zero-order valence-corrected chi connectivity index (χ0v) is 12.9. The highest BCUT2D eigenvalue weighted by Crippen LogP contribution is 2.32. The average molecular weight is 304 g/mol. The van der Waals surface area contributed by atoms with Crippen molar-refractivity contribution in [3.63, 3.8) is 0 Å². The number of aromatic hydroxyl groups is 1. The number of aliphatic hydroxyl groups is 1. The first-order valence-corrected chi connectivity index (χ1v) is 7.14. The van der Waals surface area contributed by atoms with Gasteiger partial charge in [0.1, 0.15) is 11.4 Å². The number of imide groups is 1. The minimum Gasteiger partial charge on any atom is -0.508 e. The Morgan fingerprint density at radius 2 is 1.95 bits per heavy atom. The predicted octanol–water partition coefficient (Wildman–Crippen LogP) is 1.48. The number of phenols is 1. The summed E-state index contributed by atoms with van der Waals surface area (Å²) in [6.07, 6.45) is 1.22. The minimum absolute atomic E-state index is 0.0227. The van der Waals surface area contributed by atoms with Crippen molar-refractivity contribution in [2.24, 2.45) is 0 Å². The average Bonchev–Trinajstić information content (AvgIpc) is 2.69. The van der Waals surface area contributed by atoms with Crippen LogP contribution in [0.25, 0.3) is 0 Å². The maximum atomic E-state index is 12.1. The van der Waals surface area contributed by atoms with Crippen LogP contribution in [0, 0.1) is 6.92 Å². The maximum Gasteiger partial charge on any atom is 0.277 e. The fourth-order valence-corrected chi connectivity index (χ4v) is 2.36. The molecule has 22 heavy (non-hydrogen) atoms. The van der Waals surface area contributed by atoms with Crippen molar-refractivity contribution in [1.29, 1.82) is 0 Å². The van der Waals surface area contributed by atoms with Gasteiger partial charge in [0.25, 0.3) is 11.8 Å². The molecule has 1 aliphatic heterocycles. The van der Waals surface area contributed by atoms with Crippen molar-refractivity contribution in [3.8, 4) is 5.75 Å². The highest BCUT2D eigenvalue weighted by Gasteiger charge is 2.30. The predicted molar refractivity (Wildman–Crippen MR) is 82.4 cm³/mol. The number of β-amino-alcohol motifs (C(OH)–C–C–N with tert-alkyl or cyclic N) is 1. The largest absolute Gasteiger partial charge is 0.508 e. The van der Waals surface area contributed by atoms with Crippen LogP contribution in [0.2, 0.25) is 0 Å². The standard InChI is InChI=1S/C16H20N2O4/c1-9(2)11-7-12(10(3)6-14(11)20)17-13-8-15(21)18(4-5-19)16(13)22/h6-9,17,19-20H,4-5H2,1-3H3. The molecule has 1 heterocycles. The zero-order chi connectivity index (χ0) is 16.4. The summed E-state index contributed by atoms with van der Waals surface area (Å²) in [6, 6.07) is 3.41. The van der Waals surface area contributed by atoms with Gasteiger partial charge < -0.3 is 15.5 Å². The van der Waals surface area contributed by atoms with E-state index in [1.54, 1.807) is 19.1 Å². The maximum absolute atomic E-state index is 12.1. The van der Waals surface area contributed by atoms with E-state index in [0.717, 1.165) is 16.0 Å². The van der Waals surface area contributed by atoms with Gasteiger partial charge in [-0.1, -0.05) is 13.8 Å². The van der Waals surface area contributed by atoms with Gasteiger partial charge in [0.05, 0.1) is 13.2 Å². The fraction of sp³-hybridized carbons (Fsp3) is 0.375. The van der Waals surface area contributed by atoms with E-state index in [2.05, 4.69) is 5.32 Å². The van der Waals surface area contributed by atoms with E-state index in [-0.39, 0.29) is 30.5 Å². The van der Waals surface area contributed by atoms with Crippen molar-refractivity contribution in [2.75, 3.05) is 18.5 Å². The Hall–Kier alpha value is -2.34. The lowest BCUT2D eigenvalue weighted by Crippen LogP contribution is -2.34. The number of nitrogens with zero attached hydrogens (tertiary/aromatic N) is 1. The molecule has 6 heteroatoms. The van der Waals surface area contributed by atoms with E-state index in [9.17, 15) is 14.7 Å². The van der Waals surface area contributed by atoms with E-state index < -0.39 is 11.8 Å². The van der Waals surface area contributed by atoms with Gasteiger partial charge in [-0.15, -0.1) is 0 Å². The molecule has 6 nitrogen and oxygen atoms in total. The lowest BCUT2D eigenvalue weighted by molar-refractivity contribution is -0.137. The molecule has 0 unspecified atom stereocenters. The normalized spacial score (nSPS) is 14.8. The Morgan fingerprint density at radius 1 is 1.27 bits per heavy atom. The number of anilines is 1. The van der Waals surface area contributed by atoms with Crippen molar-refractivity contribution in [1.82, 2.24) is 4.90 Å². The Kier molecular flexibility index (Phi) is 4.51. The van der Waals surface area contributed by atoms with Crippen LogP contribution in [0.3, 0.4) is 0 Å². The highest BCUT2D eigenvalue weighted by molar-refractivity contribution is 6.17. The van der Waals surface area contributed by atoms with Gasteiger partial charge in [-0.3, -0.25) is 14.5 Å². The smallest absolute Gasteiger partial charge is 0.277 e. The number of carbonyl (C=O) groups excluding carboxylic acids is 2. The summed E-state index contributed by atoms with van der Waals surface area (Å²) in [5.41, 5.74) is 2.36. The summed E-state index contributed by atoms with van der Waals surface area (Å²) >= 11 is 0. The molecule has 0 atom stereocenters. The third-order valence-corrected chi connectivity index (χ3v) is 3.60. The number of carbonyl (C=O) groups is 2. The summed E-state index contributed by atoms with van der Waals surface area (Å²) in [5, 5.41) is 21.8. The third kappa shape index (κ3) is 2.96. The number of phenolic OH excluding ortho intramolecular Hbond substituents is 1. The summed E-state index contributed by atoms with van der Waals surface area (Å²) in [6.45, 7) is 5.43. The second-order valence-corrected chi connectivity index (χ2v) is 5.58. The molecule has 0 spiro atoms. The molecule has 3 N–H and O–H groups in total. The first kappa shape index (κ1) is 16.0. The van der Waals surface area contributed by atoms with Crippen LogP contribution >= 0.6 is 0 Å². The van der Waals surface area contributed by atoms with Crippen LogP contribution in [0.1, 0.15) is 30.9 Å². The Balaban J connectivity index is 2.28. The number of hydrogen-bond acceptors (Lipinski definition) is 5. The van der Waals surface area contributed by atoms with Gasteiger partial charge in [-0.25, -0.2) is 0 Å². The number of aliphatic hydroxyl groups excluding tert-OH is 1. The van der Waals surface area contributed by atoms with Gasteiger partial charge in [0.15, 0.2) is 0 Å². The lowest BCUT2D eigenvalue weighted by Gasteiger charge is -2.16. The molecule has 0 fully saturated rings. The molecule has 118 valence electrons. The molecule has 2 rings (SSSR count). The molecule has 1 aromatic carbocycles. The number of nitrogens with one attached hydrogen (secondary N) is 1. The van der Waals surface area contributed by atoms with Gasteiger partial charge in [0, 0.05) is 11.8 Å². The molecule has 0 aromatic heterocycles. The van der Waals surface area contributed by atoms with Gasteiger partial charge >= 0.3 is 0 Å². The molecule has 0 bridgehead atoms. The summed E-state index contributed by atoms with van der Waals surface area (Å²) in [5.74, 6) is -0.565. The minimum atomic E-state index is -0.461. The van der Waals surface area contributed by atoms with E-state index in [1.807, 2.05) is 13.8 Å². The van der Waals surface area contributed by atoms with Gasteiger partial charge in [-0.2, -0.15) is 0 Å². The van der Waals surface area contributed by atoms with Crippen molar-refractivity contribution < 1.29 is 19.8 Å². The number of benzene rings is 1. The summed E-state index contributed by atoms with van der Waals surface area (Å²) < 4.78 is 0. The van der Waals surface area contributed by atoms with Crippen LogP contribution in [0.4, 0.5) is 5.69 Å². The van der Waals surface area contributed by atoms with Crippen molar-refractivity contribution in [3.05, 3.63) is 35.0 Å². The number of aryl methyl sites for hydroxylation is 1. The molecule has 0 saturated carbocycles. The van der Waals surface area contributed by atoms with Crippen molar-refractivity contribution in [2.45, 2.75) is 26.7 Å².